The van der Waals surface area contributed by atoms with Gasteiger partial charge in [-0.15, -0.1) is 0 Å². The van der Waals surface area contributed by atoms with Gasteiger partial charge in [-0.25, -0.2) is 0 Å². The van der Waals surface area contributed by atoms with Gasteiger partial charge >= 0.3 is 6.18 Å². The normalized spacial score (nSPS) is 11.8. The van der Waals surface area contributed by atoms with E-state index in [1.165, 1.54) is 0 Å². The van der Waals surface area contributed by atoms with Gasteiger partial charge in [-0.3, -0.25) is 10.1 Å². The molecule has 0 saturated carbocycles. The highest BCUT2D eigenvalue weighted by Gasteiger charge is 2.36. The predicted octanol–water partition coefficient (Wildman–Crippen LogP) is 4.82. The summed E-state index contributed by atoms with van der Waals surface area (Å²) < 4.78 is 43.5. The van der Waals surface area contributed by atoms with Crippen LogP contribution in [0.2, 0.25) is 5.02 Å². The van der Waals surface area contributed by atoms with E-state index in [2.05, 4.69) is 15.5 Å². The van der Waals surface area contributed by atoms with Crippen LogP contribution < -0.4 is 5.32 Å². The van der Waals surface area contributed by atoms with Gasteiger partial charge in [-0.1, -0.05) is 30.6 Å². The number of nitro benzene ring substituents is 1. The number of anilines is 1. The van der Waals surface area contributed by atoms with Gasteiger partial charge in [0.05, 0.1) is 15.5 Å². The molecule has 7 nitrogen and oxygen atoms in total. The fraction of sp³-hybridized carbons (Fsp3) is 0.467. The summed E-state index contributed by atoms with van der Waals surface area (Å²) in [6.07, 6.45) is -3.86. The lowest BCUT2D eigenvalue weighted by Crippen LogP contribution is -2.10. The molecule has 0 atom stereocenters. The maximum absolute atomic E-state index is 12.8. The highest BCUT2D eigenvalue weighted by atomic mass is 35.5. The first kappa shape index (κ1) is 20.0. The number of hydrogen-bond acceptors (Lipinski definition) is 6. The van der Waals surface area contributed by atoms with Crippen molar-refractivity contribution in [1.82, 2.24) is 10.1 Å². The molecule has 1 aromatic carbocycles. The van der Waals surface area contributed by atoms with Crippen molar-refractivity contribution < 1.29 is 22.6 Å². The number of aromatic nitrogens is 2. The number of aryl methyl sites for hydroxylation is 1. The Kier molecular flexibility index (Phi) is 6.06. The van der Waals surface area contributed by atoms with Gasteiger partial charge in [-0.05, 0) is 12.5 Å². The average Bonchev–Trinajstić information content (AvgIpc) is 2.99. The van der Waals surface area contributed by atoms with Gasteiger partial charge in [0, 0.05) is 24.9 Å². The average molecular weight is 393 g/mol. The molecule has 2 rings (SSSR count). The van der Waals surface area contributed by atoms with Crippen molar-refractivity contribution in [2.45, 2.75) is 38.8 Å². The topological polar surface area (TPSA) is 94.1 Å². The zero-order valence-electron chi connectivity index (χ0n) is 13.9. The van der Waals surface area contributed by atoms with Crippen molar-refractivity contribution in [2.75, 3.05) is 11.9 Å². The molecular formula is C15H16ClF3N4O3. The van der Waals surface area contributed by atoms with Crippen LogP contribution in [0, 0.1) is 10.1 Å². The summed E-state index contributed by atoms with van der Waals surface area (Å²) in [7, 11) is 0. The fourth-order valence-corrected chi connectivity index (χ4v) is 2.41. The number of hydrogen-bond donors (Lipinski definition) is 1. The number of alkyl halides is 3. The predicted molar refractivity (Wildman–Crippen MR) is 88.3 cm³/mol. The Hall–Kier alpha value is -2.36. The maximum atomic E-state index is 12.8. The zero-order chi connectivity index (χ0) is 19.5. The highest BCUT2D eigenvalue weighted by Crippen LogP contribution is 2.40. The third kappa shape index (κ3) is 4.84. The summed E-state index contributed by atoms with van der Waals surface area (Å²) in [5.74, 6) is 1.14. The molecule has 11 heteroatoms. The molecule has 1 N–H and O–H groups in total. The molecule has 0 bridgehead atoms. The summed E-state index contributed by atoms with van der Waals surface area (Å²) in [5.41, 5.74) is -2.02. The molecule has 26 heavy (non-hydrogen) atoms. The molecule has 0 fully saturated rings. The van der Waals surface area contributed by atoms with Crippen LogP contribution in [0.5, 0.6) is 0 Å². The lowest BCUT2D eigenvalue weighted by atomic mass is 10.1. The summed E-state index contributed by atoms with van der Waals surface area (Å²) in [4.78, 5) is 14.4. The molecule has 0 radical (unpaired) electrons. The van der Waals surface area contributed by atoms with Gasteiger partial charge < -0.3 is 9.84 Å². The Labute approximate surface area is 151 Å². The van der Waals surface area contributed by atoms with Crippen molar-refractivity contribution in [3.8, 4) is 0 Å². The number of rotatable bonds is 7. The van der Waals surface area contributed by atoms with Crippen LogP contribution in [0.4, 0.5) is 24.5 Å². The lowest BCUT2D eigenvalue weighted by Gasteiger charge is -2.12. The van der Waals surface area contributed by atoms with E-state index in [0.29, 0.717) is 30.6 Å². The molecular weight excluding hydrogens is 377 g/mol. The van der Waals surface area contributed by atoms with Crippen LogP contribution >= 0.6 is 11.6 Å². The van der Waals surface area contributed by atoms with Crippen LogP contribution in [0.15, 0.2) is 16.7 Å². The first-order valence-corrected chi connectivity index (χ1v) is 8.09. The second kappa shape index (κ2) is 7.90. The molecule has 0 aliphatic carbocycles. The number of benzene rings is 1. The van der Waals surface area contributed by atoms with Crippen molar-refractivity contribution in [1.29, 1.82) is 0 Å². The van der Waals surface area contributed by atoms with E-state index in [9.17, 15) is 23.3 Å². The van der Waals surface area contributed by atoms with Crippen LogP contribution in [0.3, 0.4) is 0 Å². The first-order valence-electron chi connectivity index (χ1n) is 7.71. The molecule has 0 spiro atoms. The van der Waals surface area contributed by atoms with Crippen LogP contribution in [-0.4, -0.2) is 21.6 Å². The molecule has 0 saturated heterocycles. The van der Waals surface area contributed by atoms with E-state index in [1.54, 1.807) is 0 Å². The Balaban J connectivity index is 2.04. The lowest BCUT2D eigenvalue weighted by molar-refractivity contribution is -0.384. The largest absolute Gasteiger partial charge is 0.418 e. The molecule has 142 valence electrons. The minimum absolute atomic E-state index is 0.0820. The van der Waals surface area contributed by atoms with Crippen molar-refractivity contribution in [3.63, 3.8) is 0 Å². The fourth-order valence-electron chi connectivity index (χ4n) is 2.14. The second-order valence-electron chi connectivity index (χ2n) is 5.84. The molecule has 0 unspecified atom stereocenters. The zero-order valence-corrected chi connectivity index (χ0v) is 14.7. The molecule has 0 aliphatic heterocycles. The minimum Gasteiger partial charge on any atom is -0.379 e. The Morgan fingerprint density at radius 3 is 2.62 bits per heavy atom. The van der Waals surface area contributed by atoms with Gasteiger partial charge in [0.25, 0.3) is 5.69 Å². The van der Waals surface area contributed by atoms with Crippen molar-refractivity contribution in [2.24, 2.45) is 0 Å². The monoisotopic (exact) mass is 392 g/mol. The number of nitrogens with zero attached hydrogens (tertiary/aromatic N) is 3. The Bertz CT molecular complexity index is 793. The van der Waals surface area contributed by atoms with Gasteiger partial charge in [0.1, 0.15) is 5.69 Å². The second-order valence-corrected chi connectivity index (χ2v) is 6.24. The SMILES string of the molecule is CC(C)c1noc(CCCNc2cc(Cl)c(C(F)(F)F)cc2[N+](=O)[O-])n1. The Morgan fingerprint density at radius 1 is 1.38 bits per heavy atom. The van der Waals surface area contributed by atoms with E-state index >= 15 is 0 Å². The van der Waals surface area contributed by atoms with E-state index in [0.717, 1.165) is 6.07 Å². The minimum atomic E-state index is -4.77. The van der Waals surface area contributed by atoms with Gasteiger partial charge in [0.2, 0.25) is 5.89 Å². The van der Waals surface area contributed by atoms with Crippen LogP contribution in [0.25, 0.3) is 0 Å². The van der Waals surface area contributed by atoms with Gasteiger partial charge in [-0.2, -0.15) is 18.2 Å². The standard InChI is InChI=1S/C15H16ClF3N4O3/c1-8(2)14-21-13(26-22-14)4-3-5-20-11-7-10(16)9(15(17,18)19)6-12(11)23(24)25/h6-8,20H,3-5H2,1-2H3. The molecule has 0 aliphatic rings. The molecule has 1 heterocycles. The number of halogens is 4. The van der Waals surface area contributed by atoms with Gasteiger partial charge in [0.15, 0.2) is 5.82 Å². The quantitative estimate of drug-likeness (QED) is 0.412. The first-order chi connectivity index (χ1) is 12.1. The summed E-state index contributed by atoms with van der Waals surface area (Å²) in [6, 6.07) is 1.34. The smallest absolute Gasteiger partial charge is 0.379 e. The molecule has 2 aromatic rings. The summed E-state index contributed by atoms with van der Waals surface area (Å²) in [5, 5.41) is 17.0. The van der Waals surface area contributed by atoms with Crippen LogP contribution in [0.1, 0.15) is 43.5 Å². The van der Waals surface area contributed by atoms with Crippen molar-refractivity contribution in [3.05, 3.63) is 44.5 Å². The van der Waals surface area contributed by atoms with Crippen molar-refractivity contribution >= 4 is 23.0 Å². The van der Waals surface area contributed by atoms with E-state index < -0.39 is 27.4 Å². The molecule has 1 aromatic heterocycles. The maximum Gasteiger partial charge on any atom is 0.418 e. The van der Waals surface area contributed by atoms with Crippen LogP contribution in [-0.2, 0) is 12.6 Å². The Morgan fingerprint density at radius 2 is 2.08 bits per heavy atom. The molecule has 0 amide bonds. The number of nitrogens with one attached hydrogen (secondary N) is 1. The third-order valence-electron chi connectivity index (χ3n) is 3.47. The van der Waals surface area contributed by atoms with E-state index in [4.69, 9.17) is 16.1 Å². The number of nitro groups is 1. The summed E-state index contributed by atoms with van der Waals surface area (Å²) >= 11 is 5.62. The highest BCUT2D eigenvalue weighted by molar-refractivity contribution is 6.31. The van der Waals surface area contributed by atoms with E-state index in [1.807, 2.05) is 13.8 Å². The summed E-state index contributed by atoms with van der Waals surface area (Å²) in [6.45, 7) is 4.09. The van der Waals surface area contributed by atoms with E-state index in [-0.39, 0.29) is 18.2 Å². The third-order valence-corrected chi connectivity index (χ3v) is 3.78.